The van der Waals surface area contributed by atoms with Gasteiger partial charge in [-0.3, -0.25) is 4.79 Å². The second-order valence-electron chi connectivity index (χ2n) is 4.67. The third-order valence-corrected chi connectivity index (χ3v) is 3.05. The summed E-state index contributed by atoms with van der Waals surface area (Å²) in [6.45, 7) is 1.49. The van der Waals surface area contributed by atoms with Crippen molar-refractivity contribution in [2.75, 3.05) is 17.7 Å². The molecule has 0 radical (unpaired) electrons. The van der Waals surface area contributed by atoms with Gasteiger partial charge in [0.2, 0.25) is 5.91 Å². The van der Waals surface area contributed by atoms with E-state index in [0.717, 1.165) is 30.0 Å². The van der Waals surface area contributed by atoms with Crippen molar-refractivity contribution >= 4 is 17.3 Å². The van der Waals surface area contributed by atoms with Crippen molar-refractivity contribution in [3.63, 3.8) is 0 Å². The highest BCUT2D eigenvalue weighted by atomic mass is 16.5. The lowest BCUT2D eigenvalue weighted by atomic mass is 9.87. The SMILES string of the molecule is COc1ccc(NC(C)=O)cc1NC1CC(N)C1. The Balaban J connectivity index is 2.11. The number of nitrogens with one attached hydrogen (secondary N) is 2. The Morgan fingerprint density at radius 3 is 2.72 bits per heavy atom. The highest BCUT2D eigenvalue weighted by Gasteiger charge is 2.26. The van der Waals surface area contributed by atoms with Crippen LogP contribution in [0.4, 0.5) is 11.4 Å². The Labute approximate surface area is 107 Å². The minimum Gasteiger partial charge on any atom is -0.495 e. The molecule has 5 nitrogen and oxygen atoms in total. The van der Waals surface area contributed by atoms with E-state index >= 15 is 0 Å². The van der Waals surface area contributed by atoms with Gasteiger partial charge in [0.05, 0.1) is 12.8 Å². The zero-order valence-electron chi connectivity index (χ0n) is 10.7. The van der Waals surface area contributed by atoms with E-state index < -0.39 is 0 Å². The van der Waals surface area contributed by atoms with Gasteiger partial charge in [-0.25, -0.2) is 0 Å². The minimum absolute atomic E-state index is 0.0863. The molecule has 1 aromatic rings. The van der Waals surface area contributed by atoms with Crippen molar-refractivity contribution in [2.45, 2.75) is 31.8 Å². The molecular weight excluding hydrogens is 230 g/mol. The predicted molar refractivity (Wildman–Crippen MR) is 71.9 cm³/mol. The van der Waals surface area contributed by atoms with E-state index in [2.05, 4.69) is 10.6 Å². The van der Waals surface area contributed by atoms with Gasteiger partial charge >= 0.3 is 0 Å². The van der Waals surface area contributed by atoms with Crippen LogP contribution in [0.15, 0.2) is 18.2 Å². The molecule has 1 amide bonds. The fourth-order valence-corrected chi connectivity index (χ4v) is 2.10. The van der Waals surface area contributed by atoms with Crippen LogP contribution in [0, 0.1) is 0 Å². The molecule has 0 heterocycles. The van der Waals surface area contributed by atoms with E-state index in [0.29, 0.717) is 12.1 Å². The molecule has 18 heavy (non-hydrogen) atoms. The molecule has 5 heteroatoms. The number of hydrogen-bond donors (Lipinski definition) is 3. The van der Waals surface area contributed by atoms with Crippen molar-refractivity contribution in [3.8, 4) is 5.75 Å². The van der Waals surface area contributed by atoms with E-state index in [1.54, 1.807) is 7.11 Å². The van der Waals surface area contributed by atoms with Gasteiger partial charge in [-0.15, -0.1) is 0 Å². The topological polar surface area (TPSA) is 76.4 Å². The first kappa shape index (κ1) is 12.7. The monoisotopic (exact) mass is 249 g/mol. The highest BCUT2D eigenvalue weighted by Crippen LogP contribution is 2.31. The molecule has 0 saturated heterocycles. The Kier molecular flexibility index (Phi) is 3.72. The van der Waals surface area contributed by atoms with Gasteiger partial charge in [-0.1, -0.05) is 0 Å². The summed E-state index contributed by atoms with van der Waals surface area (Å²) in [4.78, 5) is 11.0. The molecular formula is C13H19N3O2. The number of benzene rings is 1. The summed E-state index contributed by atoms with van der Waals surface area (Å²) in [5, 5.41) is 6.14. The van der Waals surface area contributed by atoms with Crippen molar-refractivity contribution in [1.29, 1.82) is 0 Å². The van der Waals surface area contributed by atoms with Gasteiger partial charge in [0.1, 0.15) is 5.75 Å². The molecule has 1 saturated carbocycles. The molecule has 1 aromatic carbocycles. The van der Waals surface area contributed by atoms with Gasteiger partial charge in [0, 0.05) is 24.7 Å². The number of nitrogens with two attached hydrogens (primary N) is 1. The van der Waals surface area contributed by atoms with Crippen LogP contribution in [-0.4, -0.2) is 25.1 Å². The van der Waals surface area contributed by atoms with Crippen LogP contribution in [-0.2, 0) is 4.79 Å². The smallest absolute Gasteiger partial charge is 0.221 e. The van der Waals surface area contributed by atoms with Crippen LogP contribution in [0.25, 0.3) is 0 Å². The number of hydrogen-bond acceptors (Lipinski definition) is 4. The molecule has 0 bridgehead atoms. The largest absolute Gasteiger partial charge is 0.495 e. The highest BCUT2D eigenvalue weighted by molar-refractivity contribution is 5.89. The first-order valence-electron chi connectivity index (χ1n) is 6.06. The predicted octanol–water partition coefficient (Wildman–Crippen LogP) is 1.56. The van der Waals surface area contributed by atoms with Crippen LogP contribution in [0.1, 0.15) is 19.8 Å². The maximum Gasteiger partial charge on any atom is 0.221 e. The third-order valence-electron chi connectivity index (χ3n) is 3.05. The average molecular weight is 249 g/mol. The summed E-state index contributed by atoms with van der Waals surface area (Å²) in [6.07, 6.45) is 1.93. The summed E-state index contributed by atoms with van der Waals surface area (Å²) in [7, 11) is 1.63. The molecule has 0 spiro atoms. The molecule has 0 atom stereocenters. The summed E-state index contributed by atoms with van der Waals surface area (Å²) in [5.41, 5.74) is 7.41. The number of carbonyl (C=O) groups is 1. The number of ether oxygens (including phenoxy) is 1. The van der Waals surface area contributed by atoms with Crippen LogP contribution >= 0.6 is 0 Å². The van der Waals surface area contributed by atoms with Crippen LogP contribution in [0.3, 0.4) is 0 Å². The maximum absolute atomic E-state index is 11.0. The van der Waals surface area contributed by atoms with Crippen LogP contribution < -0.4 is 21.1 Å². The first-order chi connectivity index (χ1) is 8.58. The molecule has 0 aliphatic heterocycles. The first-order valence-corrected chi connectivity index (χ1v) is 6.06. The Bertz CT molecular complexity index is 442. The quantitative estimate of drug-likeness (QED) is 0.756. The van der Waals surface area contributed by atoms with E-state index in [-0.39, 0.29) is 5.91 Å². The van der Waals surface area contributed by atoms with Crippen molar-refractivity contribution in [2.24, 2.45) is 5.73 Å². The van der Waals surface area contributed by atoms with Crippen molar-refractivity contribution in [1.82, 2.24) is 0 Å². The van der Waals surface area contributed by atoms with E-state index in [9.17, 15) is 4.79 Å². The average Bonchev–Trinajstić information content (AvgIpc) is 2.26. The second-order valence-corrected chi connectivity index (χ2v) is 4.67. The van der Waals surface area contributed by atoms with Crippen LogP contribution in [0.5, 0.6) is 5.75 Å². The number of rotatable bonds is 4. The Morgan fingerprint density at radius 1 is 1.44 bits per heavy atom. The maximum atomic E-state index is 11.0. The fraction of sp³-hybridized carbons (Fsp3) is 0.462. The number of anilines is 2. The zero-order valence-corrected chi connectivity index (χ0v) is 10.7. The van der Waals surface area contributed by atoms with E-state index in [1.807, 2.05) is 18.2 Å². The lowest BCUT2D eigenvalue weighted by molar-refractivity contribution is -0.114. The number of carbonyl (C=O) groups excluding carboxylic acids is 1. The molecule has 98 valence electrons. The lowest BCUT2D eigenvalue weighted by Crippen LogP contribution is -2.44. The van der Waals surface area contributed by atoms with Gasteiger partial charge < -0.3 is 21.1 Å². The van der Waals surface area contributed by atoms with E-state index in [4.69, 9.17) is 10.5 Å². The summed E-state index contributed by atoms with van der Waals surface area (Å²) < 4.78 is 5.30. The standard InChI is InChI=1S/C13H19N3O2/c1-8(17)15-10-3-4-13(18-2)12(7-10)16-11-5-9(14)6-11/h3-4,7,9,11,16H,5-6,14H2,1-2H3,(H,15,17). The molecule has 0 aromatic heterocycles. The normalized spacial score (nSPS) is 21.9. The van der Waals surface area contributed by atoms with Gasteiger partial charge in [-0.2, -0.15) is 0 Å². The number of amides is 1. The zero-order chi connectivity index (χ0) is 13.1. The summed E-state index contributed by atoms with van der Waals surface area (Å²) in [6, 6.07) is 6.22. The van der Waals surface area contributed by atoms with Gasteiger partial charge in [0.15, 0.2) is 0 Å². The molecule has 0 unspecified atom stereocenters. The van der Waals surface area contributed by atoms with Crippen molar-refractivity contribution in [3.05, 3.63) is 18.2 Å². The molecule has 4 N–H and O–H groups in total. The number of methoxy groups -OCH3 is 1. The van der Waals surface area contributed by atoms with Crippen LogP contribution in [0.2, 0.25) is 0 Å². The van der Waals surface area contributed by atoms with Gasteiger partial charge in [0.25, 0.3) is 0 Å². The third kappa shape index (κ3) is 2.92. The molecule has 2 rings (SSSR count). The molecule has 1 aliphatic rings. The summed E-state index contributed by atoms with van der Waals surface area (Å²) in [5.74, 6) is 0.682. The molecule has 1 aliphatic carbocycles. The van der Waals surface area contributed by atoms with Crippen molar-refractivity contribution < 1.29 is 9.53 Å². The second kappa shape index (κ2) is 5.27. The Morgan fingerprint density at radius 2 is 2.17 bits per heavy atom. The van der Waals surface area contributed by atoms with Gasteiger partial charge in [-0.05, 0) is 31.0 Å². The lowest BCUT2D eigenvalue weighted by Gasteiger charge is -2.34. The summed E-state index contributed by atoms with van der Waals surface area (Å²) >= 11 is 0. The van der Waals surface area contributed by atoms with E-state index in [1.165, 1.54) is 6.92 Å². The minimum atomic E-state index is -0.0863. The fourth-order valence-electron chi connectivity index (χ4n) is 2.10. The Hall–Kier alpha value is -1.75. The molecule has 1 fully saturated rings.